The number of carboxylic acids is 3. The first kappa shape index (κ1) is 43.0. The molecule has 0 bridgehead atoms. The molecular formula is C30H60FeO6. The summed E-state index contributed by atoms with van der Waals surface area (Å²) in [6.45, 7) is 6.60. The number of unbranched alkanes of at least 4 members (excludes halogenated alkanes) is 18. The molecule has 0 unspecified atom stereocenters. The van der Waals surface area contributed by atoms with Crippen LogP contribution >= 0.6 is 0 Å². The van der Waals surface area contributed by atoms with Crippen molar-refractivity contribution in [3.05, 3.63) is 0 Å². The summed E-state index contributed by atoms with van der Waals surface area (Å²) in [6.07, 6.45) is 25.9. The van der Waals surface area contributed by atoms with Crippen LogP contribution in [0.4, 0.5) is 0 Å². The van der Waals surface area contributed by atoms with Gasteiger partial charge in [0.05, 0.1) is 0 Å². The van der Waals surface area contributed by atoms with E-state index in [0.717, 1.165) is 38.5 Å². The average Bonchev–Trinajstić information content (AvgIpc) is 2.83. The molecule has 0 aliphatic rings. The molecule has 0 radical (unpaired) electrons. The summed E-state index contributed by atoms with van der Waals surface area (Å²) in [6, 6.07) is 0. The average molecular weight is 573 g/mol. The summed E-state index contributed by atoms with van der Waals surface area (Å²) in [5, 5.41) is 25.1. The third-order valence-electron chi connectivity index (χ3n) is 5.98. The van der Waals surface area contributed by atoms with E-state index < -0.39 is 17.9 Å². The Bertz CT molecular complexity index is 404. The van der Waals surface area contributed by atoms with Crippen LogP contribution in [-0.2, 0) is 31.5 Å². The third kappa shape index (κ3) is 56.3. The summed E-state index contributed by atoms with van der Waals surface area (Å²) >= 11 is 0. The van der Waals surface area contributed by atoms with Crippen molar-refractivity contribution in [1.82, 2.24) is 0 Å². The second-order valence-electron chi connectivity index (χ2n) is 9.80. The molecular weight excluding hydrogens is 512 g/mol. The first-order chi connectivity index (χ1) is 17.3. The largest absolute Gasteiger partial charge is 0.481 e. The third-order valence-corrected chi connectivity index (χ3v) is 5.98. The molecule has 0 amide bonds. The van der Waals surface area contributed by atoms with Gasteiger partial charge in [-0.15, -0.1) is 0 Å². The van der Waals surface area contributed by atoms with Gasteiger partial charge < -0.3 is 15.3 Å². The van der Waals surface area contributed by atoms with Crippen LogP contribution < -0.4 is 0 Å². The zero-order valence-electron chi connectivity index (χ0n) is 24.4. The van der Waals surface area contributed by atoms with Crippen molar-refractivity contribution in [2.75, 3.05) is 0 Å². The molecule has 7 heteroatoms. The number of carbonyl (C=O) groups is 3. The van der Waals surface area contributed by atoms with Gasteiger partial charge in [0.2, 0.25) is 0 Å². The normalized spacial score (nSPS) is 9.81. The van der Waals surface area contributed by atoms with Gasteiger partial charge in [0.25, 0.3) is 0 Å². The van der Waals surface area contributed by atoms with E-state index in [2.05, 4.69) is 20.8 Å². The van der Waals surface area contributed by atoms with Gasteiger partial charge >= 0.3 is 17.9 Å². The fourth-order valence-electron chi connectivity index (χ4n) is 3.70. The van der Waals surface area contributed by atoms with Crippen LogP contribution in [-0.4, -0.2) is 33.2 Å². The Kier molecular flexibility index (Phi) is 45.8. The van der Waals surface area contributed by atoms with E-state index in [1.54, 1.807) is 0 Å². The van der Waals surface area contributed by atoms with E-state index in [9.17, 15) is 14.4 Å². The van der Waals surface area contributed by atoms with Crippen LogP contribution in [0.1, 0.15) is 175 Å². The maximum atomic E-state index is 10.1. The van der Waals surface area contributed by atoms with E-state index in [0.29, 0.717) is 19.3 Å². The molecule has 0 saturated heterocycles. The monoisotopic (exact) mass is 572 g/mol. The predicted molar refractivity (Wildman–Crippen MR) is 151 cm³/mol. The van der Waals surface area contributed by atoms with Crippen molar-refractivity contribution in [3.8, 4) is 0 Å². The van der Waals surface area contributed by atoms with E-state index in [-0.39, 0.29) is 17.1 Å². The first-order valence-electron chi connectivity index (χ1n) is 15.0. The summed E-state index contributed by atoms with van der Waals surface area (Å²) in [5.74, 6) is -1.99. The molecule has 0 spiro atoms. The zero-order chi connectivity index (χ0) is 27.7. The minimum Gasteiger partial charge on any atom is -0.481 e. The van der Waals surface area contributed by atoms with Gasteiger partial charge in [0, 0.05) is 36.3 Å². The smallest absolute Gasteiger partial charge is 0.303 e. The van der Waals surface area contributed by atoms with Crippen molar-refractivity contribution in [1.29, 1.82) is 0 Å². The SMILES string of the molecule is CCCCCCCCCC(=O)O.CCCCCCCCCC(=O)O.CCCCCCCCCC(=O)O.[Fe]. The van der Waals surface area contributed by atoms with E-state index in [1.807, 2.05) is 0 Å². The Morgan fingerprint density at radius 2 is 0.514 bits per heavy atom. The van der Waals surface area contributed by atoms with Crippen LogP contribution in [0.3, 0.4) is 0 Å². The maximum absolute atomic E-state index is 10.1. The second-order valence-corrected chi connectivity index (χ2v) is 9.80. The van der Waals surface area contributed by atoms with Crippen molar-refractivity contribution in [2.24, 2.45) is 0 Å². The molecule has 0 aliphatic carbocycles. The molecule has 0 aromatic carbocycles. The summed E-state index contributed by atoms with van der Waals surface area (Å²) in [5.41, 5.74) is 0. The summed E-state index contributed by atoms with van der Waals surface area (Å²) in [4.78, 5) is 30.4. The number of hydrogen-bond donors (Lipinski definition) is 3. The van der Waals surface area contributed by atoms with Gasteiger partial charge in [0.1, 0.15) is 0 Å². The molecule has 224 valence electrons. The van der Waals surface area contributed by atoms with Gasteiger partial charge in [-0.1, -0.05) is 136 Å². The Morgan fingerprint density at radius 3 is 0.676 bits per heavy atom. The molecule has 0 saturated carbocycles. The van der Waals surface area contributed by atoms with E-state index in [1.165, 1.54) is 96.3 Å². The molecule has 0 rings (SSSR count). The van der Waals surface area contributed by atoms with Crippen LogP contribution in [0.5, 0.6) is 0 Å². The number of hydrogen-bond acceptors (Lipinski definition) is 3. The maximum Gasteiger partial charge on any atom is 0.303 e. The minimum absolute atomic E-state index is 0. The number of aliphatic carboxylic acids is 3. The van der Waals surface area contributed by atoms with Gasteiger partial charge in [0.15, 0.2) is 0 Å². The first-order valence-corrected chi connectivity index (χ1v) is 15.0. The number of carboxylic acid groups (broad SMARTS) is 3. The van der Waals surface area contributed by atoms with Gasteiger partial charge in [-0.2, -0.15) is 0 Å². The van der Waals surface area contributed by atoms with E-state index in [4.69, 9.17) is 15.3 Å². The predicted octanol–water partition coefficient (Wildman–Crippen LogP) is 9.63. The van der Waals surface area contributed by atoms with Crippen LogP contribution in [0.25, 0.3) is 0 Å². The van der Waals surface area contributed by atoms with Gasteiger partial charge in [-0.25, -0.2) is 0 Å². The molecule has 3 N–H and O–H groups in total. The Balaban J connectivity index is -0.000000218. The van der Waals surface area contributed by atoms with Crippen molar-refractivity contribution >= 4 is 17.9 Å². The van der Waals surface area contributed by atoms with Crippen molar-refractivity contribution < 1.29 is 46.8 Å². The standard InChI is InChI=1S/3C10H20O2.Fe/c3*1-2-3-4-5-6-7-8-9-10(11)12;/h3*2-9H2,1H3,(H,11,12);. The van der Waals surface area contributed by atoms with Gasteiger partial charge in [-0.05, 0) is 19.3 Å². The molecule has 6 nitrogen and oxygen atoms in total. The fourth-order valence-corrected chi connectivity index (χ4v) is 3.70. The zero-order valence-corrected chi connectivity index (χ0v) is 25.5. The Morgan fingerprint density at radius 1 is 0.351 bits per heavy atom. The second kappa shape index (κ2) is 39.4. The topological polar surface area (TPSA) is 112 Å². The number of rotatable bonds is 24. The fraction of sp³-hybridized carbons (Fsp3) is 0.900. The Hall–Kier alpha value is -1.07. The molecule has 0 atom stereocenters. The van der Waals surface area contributed by atoms with Gasteiger partial charge in [-0.3, -0.25) is 14.4 Å². The van der Waals surface area contributed by atoms with E-state index >= 15 is 0 Å². The molecule has 0 aromatic heterocycles. The molecule has 0 heterocycles. The summed E-state index contributed by atoms with van der Waals surface area (Å²) < 4.78 is 0. The molecule has 0 aromatic rings. The molecule has 37 heavy (non-hydrogen) atoms. The van der Waals surface area contributed by atoms with Crippen LogP contribution in [0.15, 0.2) is 0 Å². The van der Waals surface area contributed by atoms with Crippen LogP contribution in [0, 0.1) is 0 Å². The molecule has 0 aliphatic heterocycles. The minimum atomic E-state index is -0.663. The summed E-state index contributed by atoms with van der Waals surface area (Å²) in [7, 11) is 0. The molecule has 0 fully saturated rings. The van der Waals surface area contributed by atoms with Crippen LogP contribution in [0.2, 0.25) is 0 Å². The Labute approximate surface area is 239 Å². The quantitative estimate of drug-likeness (QED) is 0.0784. The van der Waals surface area contributed by atoms with Crippen molar-refractivity contribution in [2.45, 2.75) is 175 Å². The van der Waals surface area contributed by atoms with Crippen molar-refractivity contribution in [3.63, 3.8) is 0 Å².